The first-order chi connectivity index (χ1) is 8.21. The van der Waals surface area contributed by atoms with E-state index in [2.05, 4.69) is 47.7 Å². The van der Waals surface area contributed by atoms with Gasteiger partial charge < -0.3 is 5.73 Å². The van der Waals surface area contributed by atoms with E-state index >= 15 is 0 Å². The summed E-state index contributed by atoms with van der Waals surface area (Å²) in [7, 11) is 0. The van der Waals surface area contributed by atoms with Gasteiger partial charge in [0.2, 0.25) is 0 Å². The van der Waals surface area contributed by atoms with Crippen molar-refractivity contribution in [1.82, 2.24) is 14.7 Å². The summed E-state index contributed by atoms with van der Waals surface area (Å²) >= 11 is 0. The van der Waals surface area contributed by atoms with Crippen molar-refractivity contribution < 1.29 is 0 Å². The molecule has 0 fully saturated rings. The number of hydrogen-bond acceptors (Lipinski definition) is 3. The number of aromatic nitrogens is 2. The van der Waals surface area contributed by atoms with E-state index in [1.54, 1.807) is 0 Å². The molecule has 2 N–H and O–H groups in total. The van der Waals surface area contributed by atoms with Gasteiger partial charge in [0, 0.05) is 31.9 Å². The molecule has 0 aromatic carbocycles. The van der Waals surface area contributed by atoms with Gasteiger partial charge in [-0.05, 0) is 32.4 Å². The summed E-state index contributed by atoms with van der Waals surface area (Å²) in [4.78, 5) is 2.36. The van der Waals surface area contributed by atoms with Crippen molar-refractivity contribution in [2.24, 2.45) is 5.73 Å². The van der Waals surface area contributed by atoms with Gasteiger partial charge >= 0.3 is 0 Å². The van der Waals surface area contributed by atoms with Crippen molar-refractivity contribution in [2.75, 3.05) is 19.6 Å². The zero-order valence-corrected chi connectivity index (χ0v) is 11.4. The third kappa shape index (κ3) is 4.48. The van der Waals surface area contributed by atoms with Gasteiger partial charge in [-0.25, -0.2) is 0 Å². The molecule has 0 aliphatic carbocycles. The molecule has 0 aliphatic heterocycles. The fourth-order valence-electron chi connectivity index (χ4n) is 1.89. The molecule has 0 saturated heterocycles. The lowest BCUT2D eigenvalue weighted by Gasteiger charge is -2.19. The van der Waals surface area contributed by atoms with Crippen molar-refractivity contribution in [1.29, 1.82) is 0 Å². The molecular formula is C13H26N4. The standard InChI is InChI=1S/C13H26N4/c1-4-8-16(10-7-14)11-13-6-9-17(15-13)12(3)5-2/h6,9,12H,4-5,7-8,10-11,14H2,1-3H3. The molecule has 17 heavy (non-hydrogen) atoms. The van der Waals surface area contributed by atoms with Crippen molar-refractivity contribution in [3.05, 3.63) is 18.0 Å². The Morgan fingerprint density at radius 1 is 1.41 bits per heavy atom. The molecule has 1 heterocycles. The molecule has 0 bridgehead atoms. The largest absolute Gasteiger partial charge is 0.329 e. The molecule has 0 aliphatic rings. The normalized spacial score (nSPS) is 13.2. The smallest absolute Gasteiger partial charge is 0.0764 e. The second-order valence-corrected chi connectivity index (χ2v) is 4.61. The van der Waals surface area contributed by atoms with Crippen LogP contribution in [0.1, 0.15) is 45.3 Å². The Hall–Kier alpha value is -0.870. The van der Waals surface area contributed by atoms with Gasteiger partial charge in [0.25, 0.3) is 0 Å². The lowest BCUT2D eigenvalue weighted by molar-refractivity contribution is 0.268. The number of rotatable bonds is 8. The van der Waals surface area contributed by atoms with Crippen LogP contribution in [0.25, 0.3) is 0 Å². The van der Waals surface area contributed by atoms with Crippen LogP contribution in [0.3, 0.4) is 0 Å². The molecule has 1 atom stereocenters. The molecule has 0 saturated carbocycles. The van der Waals surface area contributed by atoms with Gasteiger partial charge in [0.1, 0.15) is 0 Å². The van der Waals surface area contributed by atoms with E-state index in [1.165, 1.54) is 0 Å². The summed E-state index contributed by atoms with van der Waals surface area (Å²) in [6.45, 7) is 10.2. The van der Waals surface area contributed by atoms with Crippen LogP contribution in [0, 0.1) is 0 Å². The maximum Gasteiger partial charge on any atom is 0.0764 e. The van der Waals surface area contributed by atoms with Crippen LogP contribution < -0.4 is 5.73 Å². The van der Waals surface area contributed by atoms with E-state index in [1.807, 2.05) is 0 Å². The minimum atomic E-state index is 0.484. The number of hydrogen-bond donors (Lipinski definition) is 1. The highest BCUT2D eigenvalue weighted by atomic mass is 15.3. The van der Waals surface area contributed by atoms with Crippen molar-refractivity contribution in [3.63, 3.8) is 0 Å². The van der Waals surface area contributed by atoms with E-state index in [0.717, 1.165) is 38.2 Å². The van der Waals surface area contributed by atoms with E-state index in [4.69, 9.17) is 5.73 Å². The second-order valence-electron chi connectivity index (χ2n) is 4.61. The zero-order chi connectivity index (χ0) is 12.7. The summed E-state index contributed by atoms with van der Waals surface area (Å²) in [6, 6.07) is 2.60. The Bertz CT molecular complexity index is 302. The van der Waals surface area contributed by atoms with Gasteiger partial charge in [-0.1, -0.05) is 13.8 Å². The molecule has 1 unspecified atom stereocenters. The molecule has 0 spiro atoms. The molecule has 98 valence electrons. The van der Waals surface area contributed by atoms with Crippen LogP contribution in [-0.4, -0.2) is 34.3 Å². The molecule has 4 heteroatoms. The van der Waals surface area contributed by atoms with Gasteiger partial charge in [0.15, 0.2) is 0 Å². The summed E-state index contributed by atoms with van der Waals surface area (Å²) in [5, 5.41) is 4.62. The van der Waals surface area contributed by atoms with Gasteiger partial charge in [-0.15, -0.1) is 0 Å². The Labute approximate surface area is 105 Å². The lowest BCUT2D eigenvalue weighted by atomic mass is 10.3. The van der Waals surface area contributed by atoms with Crippen LogP contribution in [0.4, 0.5) is 0 Å². The van der Waals surface area contributed by atoms with E-state index in [0.29, 0.717) is 12.6 Å². The fourth-order valence-corrected chi connectivity index (χ4v) is 1.89. The number of nitrogens with two attached hydrogens (primary N) is 1. The molecule has 1 aromatic heterocycles. The van der Waals surface area contributed by atoms with Gasteiger partial charge in [-0.2, -0.15) is 5.10 Å². The first-order valence-electron chi connectivity index (χ1n) is 6.67. The average molecular weight is 238 g/mol. The molecule has 1 aromatic rings. The van der Waals surface area contributed by atoms with E-state index in [9.17, 15) is 0 Å². The monoisotopic (exact) mass is 238 g/mol. The summed E-state index contributed by atoms with van der Waals surface area (Å²) in [6.07, 6.45) is 4.35. The van der Waals surface area contributed by atoms with Gasteiger partial charge in [0.05, 0.1) is 5.69 Å². The minimum absolute atomic E-state index is 0.484. The highest BCUT2D eigenvalue weighted by molar-refractivity contribution is 4.99. The first-order valence-corrected chi connectivity index (χ1v) is 6.67. The molecule has 1 rings (SSSR count). The van der Waals surface area contributed by atoms with Crippen LogP contribution in [0.2, 0.25) is 0 Å². The highest BCUT2D eigenvalue weighted by Gasteiger charge is 2.08. The van der Waals surface area contributed by atoms with Crippen LogP contribution in [0.15, 0.2) is 12.3 Å². The second kappa shape index (κ2) is 7.45. The minimum Gasteiger partial charge on any atom is -0.329 e. The maximum atomic E-state index is 5.62. The molecule has 4 nitrogen and oxygen atoms in total. The SMILES string of the molecule is CCCN(CCN)Cc1ccn(C(C)CC)n1. The summed E-state index contributed by atoms with van der Waals surface area (Å²) in [5.41, 5.74) is 6.77. The van der Waals surface area contributed by atoms with Crippen LogP contribution >= 0.6 is 0 Å². The predicted molar refractivity (Wildman–Crippen MR) is 71.9 cm³/mol. The lowest BCUT2D eigenvalue weighted by Crippen LogP contribution is -2.30. The van der Waals surface area contributed by atoms with Crippen molar-refractivity contribution in [2.45, 2.75) is 46.2 Å². The third-order valence-electron chi connectivity index (χ3n) is 3.08. The first kappa shape index (κ1) is 14.2. The highest BCUT2D eigenvalue weighted by Crippen LogP contribution is 2.10. The Morgan fingerprint density at radius 2 is 2.18 bits per heavy atom. The summed E-state index contributed by atoms with van der Waals surface area (Å²) < 4.78 is 2.06. The zero-order valence-electron chi connectivity index (χ0n) is 11.4. The average Bonchev–Trinajstić information content (AvgIpc) is 2.77. The predicted octanol–water partition coefficient (Wildman–Crippen LogP) is 2.02. The topological polar surface area (TPSA) is 47.1 Å². The fraction of sp³-hybridized carbons (Fsp3) is 0.769. The van der Waals surface area contributed by atoms with Crippen LogP contribution in [0.5, 0.6) is 0 Å². The molecular weight excluding hydrogens is 212 g/mol. The van der Waals surface area contributed by atoms with Gasteiger partial charge in [-0.3, -0.25) is 9.58 Å². The molecule has 0 amide bonds. The third-order valence-corrected chi connectivity index (χ3v) is 3.08. The van der Waals surface area contributed by atoms with Crippen LogP contribution in [-0.2, 0) is 6.54 Å². The summed E-state index contributed by atoms with van der Waals surface area (Å²) in [5.74, 6) is 0. The van der Waals surface area contributed by atoms with E-state index in [-0.39, 0.29) is 0 Å². The Morgan fingerprint density at radius 3 is 2.76 bits per heavy atom. The molecule has 0 radical (unpaired) electrons. The maximum absolute atomic E-state index is 5.62. The Kier molecular flexibility index (Phi) is 6.22. The number of nitrogens with zero attached hydrogens (tertiary/aromatic N) is 3. The Balaban J connectivity index is 2.56. The van der Waals surface area contributed by atoms with Crippen molar-refractivity contribution in [3.8, 4) is 0 Å². The quantitative estimate of drug-likeness (QED) is 0.754. The van der Waals surface area contributed by atoms with E-state index < -0.39 is 0 Å². The van der Waals surface area contributed by atoms with Crippen molar-refractivity contribution >= 4 is 0 Å².